The minimum absolute atomic E-state index is 0.0429. The highest BCUT2D eigenvalue weighted by molar-refractivity contribution is 8.15. The number of thioether (sulfide) groups is 1. The average Bonchev–Trinajstić information content (AvgIpc) is 2.83. The lowest BCUT2D eigenvalue weighted by atomic mass is 10.2. The summed E-state index contributed by atoms with van der Waals surface area (Å²) in [5.74, 6) is -1.65. The number of nitrogens with zero attached hydrogens (tertiary/aromatic N) is 2. The van der Waals surface area contributed by atoms with Gasteiger partial charge in [0, 0.05) is 11.8 Å². The van der Waals surface area contributed by atoms with Crippen molar-refractivity contribution < 1.29 is 27.9 Å². The van der Waals surface area contributed by atoms with Crippen LogP contribution in [0, 0.1) is 0 Å². The first-order valence-electron chi connectivity index (χ1n) is 6.48. The van der Waals surface area contributed by atoms with E-state index in [1.165, 1.54) is 11.8 Å². The van der Waals surface area contributed by atoms with Gasteiger partial charge >= 0.3 is 5.97 Å². The van der Waals surface area contributed by atoms with Crippen LogP contribution < -0.4 is 0 Å². The van der Waals surface area contributed by atoms with Crippen LogP contribution in [0.3, 0.4) is 0 Å². The largest absolute Gasteiger partial charge is 0.480 e. The fourth-order valence-electron chi connectivity index (χ4n) is 2.35. The summed E-state index contributed by atoms with van der Waals surface area (Å²) >= 11 is 1.26. The van der Waals surface area contributed by atoms with Crippen LogP contribution in [0.4, 0.5) is 0 Å². The predicted molar refractivity (Wildman–Crippen MR) is 81.6 cm³/mol. The van der Waals surface area contributed by atoms with Gasteiger partial charge in [-0.2, -0.15) is 4.99 Å². The zero-order valence-electron chi connectivity index (χ0n) is 11.7. The molecule has 0 aromatic rings. The van der Waals surface area contributed by atoms with Crippen molar-refractivity contribution >= 4 is 38.6 Å². The van der Waals surface area contributed by atoms with Crippen LogP contribution in [-0.2, 0) is 24.2 Å². The normalized spacial score (nSPS) is 27.8. The van der Waals surface area contributed by atoms with Gasteiger partial charge in [0.05, 0.1) is 17.5 Å². The van der Waals surface area contributed by atoms with E-state index >= 15 is 0 Å². The van der Waals surface area contributed by atoms with E-state index in [9.17, 15) is 18.0 Å². The maximum Gasteiger partial charge on any atom is 0.329 e. The Hall–Kier alpha value is -1.39. The number of aliphatic carboxylic acids is 1. The summed E-state index contributed by atoms with van der Waals surface area (Å²) in [6.07, 6.45) is 1.62. The molecule has 2 fully saturated rings. The highest BCUT2D eigenvalue weighted by atomic mass is 32.2. The molecule has 0 radical (unpaired) electrons. The topological polar surface area (TPSA) is 113 Å². The summed E-state index contributed by atoms with van der Waals surface area (Å²) in [6, 6.07) is -0.209. The van der Waals surface area contributed by atoms with Crippen molar-refractivity contribution in [1.29, 1.82) is 0 Å². The average molecular weight is 348 g/mol. The minimum Gasteiger partial charge on any atom is -0.480 e. The Morgan fingerprint density at radius 2 is 2.18 bits per heavy atom. The number of amidine groups is 1. The first kappa shape index (κ1) is 17.0. The summed E-state index contributed by atoms with van der Waals surface area (Å²) in [5, 5.41) is 8.72. The van der Waals surface area contributed by atoms with Crippen LogP contribution in [0.5, 0.6) is 0 Å². The van der Waals surface area contributed by atoms with E-state index in [4.69, 9.17) is 5.11 Å². The lowest BCUT2D eigenvalue weighted by molar-refractivity contribution is -0.143. The standard InChI is InChI=1S/C12H16N2O6S2/c1-2-3-14-8-6-22(18,19)7-9(8)21-12(14)13-10(15)4-20-5-11(16)17/h2,8-9H,1,3-7H2,(H,16,17)/t8-,9+/m0/s1. The number of carbonyl (C=O) groups is 2. The Kier molecular flexibility index (Phi) is 5.24. The minimum atomic E-state index is -3.06. The quantitative estimate of drug-likeness (QED) is 0.631. The molecule has 2 saturated heterocycles. The maximum absolute atomic E-state index is 11.7. The Labute approximate surface area is 132 Å². The zero-order chi connectivity index (χ0) is 16.3. The van der Waals surface area contributed by atoms with E-state index in [0.29, 0.717) is 11.7 Å². The van der Waals surface area contributed by atoms with E-state index < -0.39 is 34.9 Å². The highest BCUT2D eigenvalue weighted by Gasteiger charge is 2.48. The number of carboxylic acid groups (broad SMARTS) is 1. The molecule has 2 heterocycles. The molecule has 0 bridgehead atoms. The molecule has 1 amide bonds. The second-order valence-corrected chi connectivity index (χ2v) is 8.28. The molecule has 0 saturated carbocycles. The van der Waals surface area contributed by atoms with Gasteiger partial charge in [0.2, 0.25) is 0 Å². The molecule has 2 atom stereocenters. The third-order valence-corrected chi connectivity index (χ3v) is 6.42. The molecule has 10 heteroatoms. The molecule has 0 aromatic carbocycles. The van der Waals surface area contributed by atoms with Gasteiger partial charge in [-0.15, -0.1) is 6.58 Å². The summed E-state index contributed by atoms with van der Waals surface area (Å²) < 4.78 is 28.0. The summed E-state index contributed by atoms with van der Waals surface area (Å²) in [6.45, 7) is 3.03. The fraction of sp³-hybridized carbons (Fsp3) is 0.583. The smallest absolute Gasteiger partial charge is 0.329 e. The Bertz CT molecular complexity index is 615. The summed E-state index contributed by atoms with van der Waals surface area (Å²) in [7, 11) is -3.06. The fourth-order valence-corrected chi connectivity index (χ4v) is 6.33. The monoisotopic (exact) mass is 348 g/mol. The van der Waals surface area contributed by atoms with Crippen LogP contribution in [-0.4, -0.2) is 78.0 Å². The van der Waals surface area contributed by atoms with Crippen LogP contribution in [0.1, 0.15) is 0 Å². The Morgan fingerprint density at radius 1 is 1.45 bits per heavy atom. The van der Waals surface area contributed by atoms with Crippen LogP contribution >= 0.6 is 11.8 Å². The number of hydrogen-bond donors (Lipinski definition) is 1. The van der Waals surface area contributed by atoms with E-state index in [2.05, 4.69) is 16.3 Å². The number of fused-ring (bicyclic) bond motifs is 1. The van der Waals surface area contributed by atoms with E-state index in [-0.39, 0.29) is 22.8 Å². The Morgan fingerprint density at radius 3 is 2.82 bits per heavy atom. The number of hydrogen-bond acceptors (Lipinski definition) is 6. The SMILES string of the molecule is C=CCN1C(=NC(=O)COCC(=O)O)S[C@@H]2CS(=O)(=O)C[C@@H]21. The van der Waals surface area contributed by atoms with Crippen molar-refractivity contribution in [3.05, 3.63) is 12.7 Å². The molecular weight excluding hydrogens is 332 g/mol. The van der Waals surface area contributed by atoms with Gasteiger partial charge in [0.15, 0.2) is 15.0 Å². The van der Waals surface area contributed by atoms with Crippen LogP contribution in [0.15, 0.2) is 17.6 Å². The van der Waals surface area contributed by atoms with Crippen molar-refractivity contribution in [1.82, 2.24) is 4.90 Å². The molecule has 2 aliphatic heterocycles. The molecule has 1 N–H and O–H groups in total. The predicted octanol–water partition coefficient (Wildman–Crippen LogP) is -0.629. The summed E-state index contributed by atoms with van der Waals surface area (Å²) in [4.78, 5) is 27.7. The van der Waals surface area contributed by atoms with Gasteiger partial charge in [0.25, 0.3) is 5.91 Å². The molecule has 0 aromatic heterocycles. The molecule has 22 heavy (non-hydrogen) atoms. The maximum atomic E-state index is 11.7. The van der Waals surface area contributed by atoms with E-state index in [0.717, 1.165) is 0 Å². The van der Waals surface area contributed by atoms with Crippen LogP contribution in [0.2, 0.25) is 0 Å². The third-order valence-electron chi connectivity index (χ3n) is 3.17. The number of ether oxygens (including phenoxy) is 1. The van der Waals surface area contributed by atoms with Crippen LogP contribution in [0.25, 0.3) is 0 Å². The van der Waals surface area contributed by atoms with Gasteiger partial charge in [0.1, 0.15) is 13.2 Å². The van der Waals surface area contributed by atoms with Gasteiger partial charge in [-0.05, 0) is 0 Å². The van der Waals surface area contributed by atoms with Crippen molar-refractivity contribution in [2.75, 3.05) is 31.3 Å². The number of carboxylic acids is 1. The lowest BCUT2D eigenvalue weighted by Crippen LogP contribution is -2.37. The van der Waals surface area contributed by atoms with Crippen molar-refractivity contribution in [2.24, 2.45) is 4.99 Å². The van der Waals surface area contributed by atoms with Gasteiger partial charge < -0.3 is 14.7 Å². The van der Waals surface area contributed by atoms with Gasteiger partial charge in [-0.25, -0.2) is 13.2 Å². The molecule has 0 aliphatic carbocycles. The molecular formula is C12H16N2O6S2. The number of aliphatic imine (C=N–C) groups is 1. The molecule has 2 aliphatic rings. The first-order chi connectivity index (χ1) is 10.3. The summed E-state index contributed by atoms with van der Waals surface area (Å²) in [5.41, 5.74) is 0. The molecule has 122 valence electrons. The Balaban J connectivity index is 2.04. The second-order valence-electron chi connectivity index (χ2n) is 4.92. The van der Waals surface area contributed by atoms with Crippen molar-refractivity contribution in [3.8, 4) is 0 Å². The number of rotatable bonds is 6. The van der Waals surface area contributed by atoms with E-state index in [1.807, 2.05) is 0 Å². The van der Waals surface area contributed by atoms with Crippen molar-refractivity contribution in [3.63, 3.8) is 0 Å². The first-order valence-corrected chi connectivity index (χ1v) is 9.18. The van der Waals surface area contributed by atoms with Gasteiger partial charge in [-0.3, -0.25) is 4.79 Å². The molecule has 0 spiro atoms. The molecule has 0 unspecified atom stereocenters. The number of carbonyl (C=O) groups excluding carboxylic acids is 1. The second kappa shape index (κ2) is 6.80. The zero-order valence-corrected chi connectivity index (χ0v) is 13.3. The van der Waals surface area contributed by atoms with Crippen molar-refractivity contribution in [2.45, 2.75) is 11.3 Å². The van der Waals surface area contributed by atoms with Gasteiger partial charge in [-0.1, -0.05) is 17.8 Å². The number of amides is 1. The van der Waals surface area contributed by atoms with E-state index in [1.54, 1.807) is 11.0 Å². The molecule has 2 rings (SSSR count). The lowest BCUT2D eigenvalue weighted by Gasteiger charge is -2.22. The third kappa shape index (κ3) is 4.08. The molecule has 8 nitrogen and oxygen atoms in total. The highest BCUT2D eigenvalue weighted by Crippen LogP contribution is 2.37. The number of sulfone groups is 1.